The average molecular weight is 533 g/mol. The summed E-state index contributed by atoms with van der Waals surface area (Å²) in [6.45, 7) is 5.87. The fourth-order valence-corrected chi connectivity index (χ4v) is 4.89. The number of carbonyl (C=O) groups excluding carboxylic acids is 1. The van der Waals surface area contributed by atoms with Crippen LogP contribution in [-0.4, -0.2) is 26.3 Å². The van der Waals surface area contributed by atoms with E-state index in [0.29, 0.717) is 30.3 Å². The molecule has 0 heterocycles. The third-order valence-corrected chi connectivity index (χ3v) is 7.33. The third kappa shape index (κ3) is 19.4. The van der Waals surface area contributed by atoms with E-state index < -0.39 is 0 Å². The monoisotopic (exact) mass is 532 g/mol. The van der Waals surface area contributed by atoms with Gasteiger partial charge < -0.3 is 14.2 Å². The maximum atomic E-state index is 12.1. The summed E-state index contributed by atoms with van der Waals surface area (Å²) in [7, 11) is 1.41. The molecule has 4 nitrogen and oxygen atoms in total. The van der Waals surface area contributed by atoms with Gasteiger partial charge in [-0.25, -0.2) is 4.79 Å². The van der Waals surface area contributed by atoms with Gasteiger partial charge in [-0.3, -0.25) is 0 Å². The summed E-state index contributed by atoms with van der Waals surface area (Å²) in [4.78, 5) is 12.1. The zero-order chi connectivity index (χ0) is 27.5. The quantitative estimate of drug-likeness (QED) is 0.0834. The van der Waals surface area contributed by atoms with Gasteiger partial charge in [-0.2, -0.15) is 0 Å². The second kappa shape index (κ2) is 25.6. The van der Waals surface area contributed by atoms with Gasteiger partial charge in [0.15, 0.2) is 0 Å². The van der Waals surface area contributed by atoms with Crippen molar-refractivity contribution in [2.75, 3.05) is 20.3 Å². The summed E-state index contributed by atoms with van der Waals surface area (Å²) in [5.41, 5.74) is 0.484. The number of hydrogen-bond donors (Lipinski definition) is 0. The Kier molecular flexibility index (Phi) is 23.1. The number of methoxy groups -OCH3 is 1. The van der Waals surface area contributed by atoms with E-state index in [4.69, 9.17) is 14.2 Å². The van der Waals surface area contributed by atoms with Crippen molar-refractivity contribution in [3.8, 4) is 11.5 Å². The number of benzene rings is 1. The van der Waals surface area contributed by atoms with E-state index >= 15 is 0 Å². The first-order chi connectivity index (χ1) is 18.7. The molecule has 0 aliphatic carbocycles. The summed E-state index contributed by atoms with van der Waals surface area (Å²) < 4.78 is 16.9. The number of esters is 1. The molecule has 0 atom stereocenters. The summed E-state index contributed by atoms with van der Waals surface area (Å²) in [6, 6.07) is 5.43. The van der Waals surface area contributed by atoms with Gasteiger partial charge in [-0.15, -0.1) is 0 Å². The molecule has 0 unspecified atom stereocenters. The van der Waals surface area contributed by atoms with Crippen LogP contribution in [0, 0.1) is 0 Å². The first-order valence-electron chi connectivity index (χ1n) is 16.2. The van der Waals surface area contributed by atoms with E-state index in [2.05, 4.69) is 13.8 Å². The Labute approximate surface area is 235 Å². The van der Waals surface area contributed by atoms with Crippen molar-refractivity contribution in [1.82, 2.24) is 0 Å². The molecule has 1 aromatic rings. The van der Waals surface area contributed by atoms with Crippen molar-refractivity contribution in [3.63, 3.8) is 0 Å². The smallest absolute Gasteiger partial charge is 0.338 e. The molecule has 0 radical (unpaired) electrons. The Morgan fingerprint density at radius 3 is 1.13 bits per heavy atom. The molecule has 1 rings (SSSR count). The van der Waals surface area contributed by atoms with Crippen LogP contribution < -0.4 is 9.47 Å². The second-order valence-electron chi connectivity index (χ2n) is 11.0. The van der Waals surface area contributed by atoms with Crippen LogP contribution in [-0.2, 0) is 4.74 Å². The Bertz CT molecular complexity index is 672. The average Bonchev–Trinajstić information content (AvgIpc) is 2.93. The molecule has 1 aromatic carbocycles. The topological polar surface area (TPSA) is 44.8 Å². The van der Waals surface area contributed by atoms with Crippen LogP contribution in [0.25, 0.3) is 0 Å². The minimum absolute atomic E-state index is 0.357. The van der Waals surface area contributed by atoms with Gasteiger partial charge in [0.05, 0.1) is 25.9 Å². The van der Waals surface area contributed by atoms with E-state index in [0.717, 1.165) is 12.8 Å². The van der Waals surface area contributed by atoms with Crippen molar-refractivity contribution < 1.29 is 19.0 Å². The SMILES string of the molecule is CCCCCCCCCCCCCCCOc1cc(OCCCCCCCCCCC)cc(C(=O)OC)c1. The largest absolute Gasteiger partial charge is 0.493 e. The zero-order valence-electron chi connectivity index (χ0n) is 25.3. The van der Waals surface area contributed by atoms with Gasteiger partial charge in [0.25, 0.3) is 0 Å². The van der Waals surface area contributed by atoms with Crippen molar-refractivity contribution >= 4 is 5.97 Å². The number of ether oxygens (including phenoxy) is 3. The Balaban J connectivity index is 2.19. The van der Waals surface area contributed by atoms with Crippen molar-refractivity contribution in [3.05, 3.63) is 23.8 Å². The van der Waals surface area contributed by atoms with E-state index in [1.807, 2.05) is 6.07 Å². The predicted molar refractivity (Wildman–Crippen MR) is 162 cm³/mol. The highest BCUT2D eigenvalue weighted by molar-refractivity contribution is 5.90. The lowest BCUT2D eigenvalue weighted by Gasteiger charge is -2.12. The summed E-state index contributed by atoms with van der Waals surface area (Å²) in [5, 5.41) is 0. The van der Waals surface area contributed by atoms with Crippen LogP contribution >= 0.6 is 0 Å². The van der Waals surface area contributed by atoms with Gasteiger partial charge in [0, 0.05) is 6.07 Å². The first kappa shape index (κ1) is 34.3. The number of hydrogen-bond acceptors (Lipinski definition) is 4. The molecule has 0 bridgehead atoms. The molecule has 0 saturated carbocycles. The third-order valence-electron chi connectivity index (χ3n) is 7.33. The fourth-order valence-electron chi connectivity index (χ4n) is 4.89. The van der Waals surface area contributed by atoms with Gasteiger partial charge in [-0.1, -0.05) is 142 Å². The molecule has 4 heteroatoms. The molecule has 38 heavy (non-hydrogen) atoms. The Morgan fingerprint density at radius 2 is 0.816 bits per heavy atom. The molecule has 0 spiro atoms. The lowest BCUT2D eigenvalue weighted by molar-refractivity contribution is 0.0599. The maximum absolute atomic E-state index is 12.1. The predicted octanol–water partition coefficient (Wildman–Crippen LogP) is 10.9. The van der Waals surface area contributed by atoms with Crippen LogP contribution in [0.3, 0.4) is 0 Å². The van der Waals surface area contributed by atoms with Gasteiger partial charge in [-0.05, 0) is 25.0 Å². The van der Waals surface area contributed by atoms with Crippen LogP contribution in [0.2, 0.25) is 0 Å². The molecule has 0 fully saturated rings. The molecule has 0 N–H and O–H groups in total. The van der Waals surface area contributed by atoms with E-state index in [-0.39, 0.29) is 5.97 Å². The lowest BCUT2D eigenvalue weighted by atomic mass is 10.0. The van der Waals surface area contributed by atoms with Crippen molar-refractivity contribution in [2.24, 2.45) is 0 Å². The molecular weight excluding hydrogens is 472 g/mol. The highest BCUT2D eigenvalue weighted by atomic mass is 16.5. The summed E-state index contributed by atoms with van der Waals surface area (Å²) in [5.74, 6) is 1.02. The van der Waals surface area contributed by atoms with Gasteiger partial charge in [0.1, 0.15) is 11.5 Å². The summed E-state index contributed by atoms with van der Waals surface area (Å²) in [6.07, 6.45) is 28.9. The van der Waals surface area contributed by atoms with Crippen LogP contribution in [0.4, 0.5) is 0 Å². The second-order valence-corrected chi connectivity index (χ2v) is 11.0. The zero-order valence-corrected chi connectivity index (χ0v) is 25.3. The highest BCUT2D eigenvalue weighted by Gasteiger charge is 2.11. The maximum Gasteiger partial charge on any atom is 0.338 e. The minimum atomic E-state index is -0.357. The Morgan fingerprint density at radius 1 is 0.500 bits per heavy atom. The number of carbonyl (C=O) groups is 1. The van der Waals surface area contributed by atoms with Gasteiger partial charge >= 0.3 is 5.97 Å². The van der Waals surface area contributed by atoms with E-state index in [9.17, 15) is 4.79 Å². The minimum Gasteiger partial charge on any atom is -0.493 e. The molecule has 0 amide bonds. The molecular formula is C34H60O4. The molecule has 0 aromatic heterocycles. The number of unbranched alkanes of at least 4 members (excludes halogenated alkanes) is 20. The van der Waals surface area contributed by atoms with Crippen LogP contribution in [0.1, 0.15) is 165 Å². The lowest BCUT2D eigenvalue weighted by Crippen LogP contribution is -2.05. The van der Waals surface area contributed by atoms with Crippen LogP contribution in [0.5, 0.6) is 11.5 Å². The van der Waals surface area contributed by atoms with E-state index in [1.165, 1.54) is 136 Å². The number of rotatable bonds is 27. The van der Waals surface area contributed by atoms with E-state index in [1.54, 1.807) is 12.1 Å². The fraction of sp³-hybridized carbons (Fsp3) is 0.794. The molecule has 0 aliphatic rings. The van der Waals surface area contributed by atoms with Gasteiger partial charge in [0.2, 0.25) is 0 Å². The van der Waals surface area contributed by atoms with Crippen molar-refractivity contribution in [1.29, 1.82) is 0 Å². The molecule has 0 aliphatic heterocycles. The first-order valence-corrected chi connectivity index (χ1v) is 16.2. The summed E-state index contributed by atoms with van der Waals surface area (Å²) >= 11 is 0. The molecule has 220 valence electrons. The normalized spacial score (nSPS) is 11.0. The highest BCUT2D eigenvalue weighted by Crippen LogP contribution is 2.24. The standard InChI is InChI=1S/C34H60O4/c1-4-6-8-10-12-14-15-16-17-19-21-23-25-27-38-33-29-31(34(35)36-3)28-32(30-33)37-26-24-22-20-18-13-11-9-7-5-2/h28-30H,4-27H2,1-3H3. The van der Waals surface area contributed by atoms with Crippen LogP contribution in [0.15, 0.2) is 18.2 Å². The molecule has 0 saturated heterocycles. The Hall–Kier alpha value is -1.71. The van der Waals surface area contributed by atoms with Crippen molar-refractivity contribution in [2.45, 2.75) is 155 Å².